The van der Waals surface area contributed by atoms with E-state index in [1.807, 2.05) is 13.8 Å². The van der Waals surface area contributed by atoms with Crippen LogP contribution in [0.1, 0.15) is 122 Å². The summed E-state index contributed by atoms with van der Waals surface area (Å²) >= 11 is 5.47. The van der Waals surface area contributed by atoms with Gasteiger partial charge in [-0.05, 0) is 131 Å². The van der Waals surface area contributed by atoms with E-state index in [2.05, 4.69) is 25.8 Å². The first-order valence-corrected chi connectivity index (χ1v) is 32.2. The van der Waals surface area contributed by atoms with Crippen molar-refractivity contribution in [2.75, 3.05) is 71.5 Å². The predicted octanol–water partition coefficient (Wildman–Crippen LogP) is 7.45. The highest BCUT2D eigenvalue weighted by Gasteiger charge is 2.38. The Morgan fingerprint density at radius 1 is 0.756 bits per heavy atom. The van der Waals surface area contributed by atoms with Crippen LogP contribution in [0.15, 0.2) is 63.8 Å². The Morgan fingerprint density at radius 2 is 1.38 bits per heavy atom. The van der Waals surface area contributed by atoms with Crippen LogP contribution in [0.2, 0.25) is 12.6 Å². The Labute approximate surface area is 510 Å². The molecule has 86 heavy (non-hydrogen) atoms. The second kappa shape index (κ2) is 35.3. The molecular formula is C57H82B2N6O18P2S. The molecule has 0 spiro atoms. The van der Waals surface area contributed by atoms with Gasteiger partial charge in [0.05, 0.1) is 53.2 Å². The molecule has 0 saturated heterocycles. The number of rotatable bonds is 40. The second-order valence-electron chi connectivity index (χ2n) is 20.9. The van der Waals surface area contributed by atoms with Gasteiger partial charge < -0.3 is 60.6 Å². The number of hydrogen-bond acceptors (Lipinski definition) is 16. The van der Waals surface area contributed by atoms with E-state index in [1.165, 1.54) is 40.1 Å². The van der Waals surface area contributed by atoms with Crippen molar-refractivity contribution in [2.45, 2.75) is 135 Å². The topological polar surface area (TPSA) is 342 Å². The number of phosphoric acid groups is 2. The minimum Gasteiger partial charge on any atom is -0.508 e. The van der Waals surface area contributed by atoms with Crippen molar-refractivity contribution in [3.8, 4) is 28.2 Å². The molecule has 0 saturated carbocycles. The molecule has 4 radical (unpaired) electrons. The third kappa shape index (κ3) is 22.8. The number of benzene rings is 3. The third-order valence-corrected chi connectivity index (χ3v) is 17.5. The molecule has 1 heterocycles. The average molecular weight is 1250 g/mol. The van der Waals surface area contributed by atoms with E-state index in [1.54, 1.807) is 38.1 Å². The number of carboxylic acid groups (broad SMARTS) is 1. The first-order valence-electron chi connectivity index (χ1n) is 28.8. The lowest BCUT2D eigenvalue weighted by Crippen LogP contribution is -2.54. The van der Waals surface area contributed by atoms with E-state index in [9.17, 15) is 63.0 Å². The Bertz CT molecular complexity index is 3040. The summed E-state index contributed by atoms with van der Waals surface area (Å²) in [6.07, 6.45) is 5.09. The van der Waals surface area contributed by atoms with Gasteiger partial charge in [-0.1, -0.05) is 53.0 Å². The molecule has 0 fully saturated rings. The Balaban J connectivity index is 1.13. The Kier molecular flexibility index (Phi) is 29.9. The number of thiocarbonyl (C=S) groups is 1. The molecule has 4 rings (SSSR count). The maximum Gasteiger partial charge on any atom is 0.472 e. The fraction of sp³-hybridized carbons (Fsp3) is 0.561. The summed E-state index contributed by atoms with van der Waals surface area (Å²) in [4.78, 5) is 100. The van der Waals surface area contributed by atoms with Gasteiger partial charge in [0, 0.05) is 85.7 Å². The number of phenols is 1. The van der Waals surface area contributed by atoms with E-state index >= 15 is 0 Å². The number of carbonyl (C=O) groups excluding carboxylic acids is 4. The van der Waals surface area contributed by atoms with Crippen molar-refractivity contribution in [1.29, 1.82) is 0 Å². The molecule has 2 aromatic rings. The molecule has 4 amide bonds. The fourth-order valence-corrected chi connectivity index (χ4v) is 11.7. The van der Waals surface area contributed by atoms with E-state index < -0.39 is 62.3 Å². The molecule has 0 aromatic heterocycles. The molecule has 3 atom stereocenters. The number of carboxylic acids is 1. The summed E-state index contributed by atoms with van der Waals surface area (Å²) in [5.41, 5.74) is -0.276. The molecule has 24 nitrogen and oxygen atoms in total. The van der Waals surface area contributed by atoms with E-state index in [0.717, 1.165) is 7.11 Å². The summed E-state index contributed by atoms with van der Waals surface area (Å²) in [6.45, 7) is 6.85. The number of nitrogens with zero attached hydrogens (tertiary/aromatic N) is 2. The quantitative estimate of drug-likeness (QED) is 0.00686. The molecule has 1 aliphatic carbocycles. The molecular weight excluding hydrogens is 1170 g/mol. The highest BCUT2D eigenvalue weighted by atomic mass is 32.1. The number of anilines is 1. The van der Waals surface area contributed by atoms with Crippen LogP contribution in [0, 0.1) is 5.92 Å². The maximum absolute atomic E-state index is 13.6. The zero-order valence-electron chi connectivity index (χ0n) is 49.6. The number of nitrogens with one attached hydrogen (secondary N) is 4. The van der Waals surface area contributed by atoms with Crippen LogP contribution in [0.25, 0.3) is 33.4 Å². The summed E-state index contributed by atoms with van der Waals surface area (Å²) < 4.78 is 51.3. The maximum atomic E-state index is 13.6. The number of carbonyl (C=O) groups is 5. The average Bonchev–Trinajstić information content (AvgIpc) is 0.857. The van der Waals surface area contributed by atoms with Gasteiger partial charge in [0.25, 0.3) is 0 Å². The van der Waals surface area contributed by atoms with Crippen molar-refractivity contribution in [3.05, 3.63) is 70.4 Å². The fourth-order valence-electron chi connectivity index (χ4n) is 9.72. The number of aromatic hydroxyl groups is 1. The van der Waals surface area contributed by atoms with Gasteiger partial charge in [0.15, 0.2) is 10.5 Å². The lowest BCUT2D eigenvalue weighted by atomic mass is 9.88. The normalized spacial score (nSPS) is 13.5. The van der Waals surface area contributed by atoms with Crippen molar-refractivity contribution in [2.24, 2.45) is 5.92 Å². The third-order valence-electron chi connectivity index (χ3n) is 15.2. The number of amides is 4. The van der Waals surface area contributed by atoms with Gasteiger partial charge in [-0.2, -0.15) is 0 Å². The summed E-state index contributed by atoms with van der Waals surface area (Å²) in [5.74, 6) is -3.39. The van der Waals surface area contributed by atoms with Crippen LogP contribution in [0.4, 0.5) is 5.69 Å². The molecule has 470 valence electrons. The van der Waals surface area contributed by atoms with Crippen LogP contribution in [-0.2, 0) is 46.4 Å². The number of phenolic OH excluding ortho intramolecular Hbond substituents is 1. The lowest BCUT2D eigenvalue weighted by Gasteiger charge is -2.37. The molecule has 2 aliphatic rings. The van der Waals surface area contributed by atoms with Gasteiger partial charge in [-0.15, -0.1) is 0 Å². The Hall–Kier alpha value is -5.72. The monoisotopic (exact) mass is 1250 g/mol. The smallest absolute Gasteiger partial charge is 0.472 e. The SMILES string of the molecule is [B]CC(=O)N(CCC(CC)(CC)NC(=O)CN(CCC(CC)(CC)OP(=O)(O)OC)C(=O)C[B])CC(=O)NCCCCCCOP(=O)(O)OCC(CO)CCCCNC(=S)Nc1ccc(-c2c3ccc(=O)cc-3oc3cc(O)ccc23)c(C(=O)O)c1. The van der Waals surface area contributed by atoms with Gasteiger partial charge in [-0.3, -0.25) is 42.1 Å². The van der Waals surface area contributed by atoms with Gasteiger partial charge in [0.1, 0.15) is 17.1 Å². The van der Waals surface area contributed by atoms with Gasteiger partial charge in [-0.25, -0.2) is 13.9 Å². The van der Waals surface area contributed by atoms with Crippen LogP contribution in [-0.4, -0.2) is 163 Å². The number of unbranched alkanes of at least 4 members (excludes halogenated alkanes) is 4. The first kappa shape index (κ1) is 72.8. The summed E-state index contributed by atoms with van der Waals surface area (Å²) in [7, 11) is 3.65. The number of aromatic carboxylic acids is 1. The molecule has 0 bridgehead atoms. The minimum absolute atomic E-state index is 0.000231. The van der Waals surface area contributed by atoms with Crippen molar-refractivity contribution < 1.29 is 80.7 Å². The minimum atomic E-state index is -4.43. The number of hydrogen-bond donors (Lipinski definition) is 9. The molecule has 2 aromatic carbocycles. The number of aliphatic hydroxyl groups is 1. The summed E-state index contributed by atoms with van der Waals surface area (Å²) in [5, 5.41) is 43.0. The number of aliphatic hydroxyl groups excluding tert-OH is 1. The number of fused-ring (bicyclic) bond motifs is 2. The van der Waals surface area contributed by atoms with Crippen LogP contribution in [0.3, 0.4) is 0 Å². The van der Waals surface area contributed by atoms with Crippen molar-refractivity contribution >= 4 is 94.9 Å². The van der Waals surface area contributed by atoms with E-state index in [4.69, 9.17) is 45.9 Å². The standard InChI is InChI=1S/C57H82B2N6O18P2S/c1-6-56(7-2,63-50(70)36-65(52(72)34-59)28-24-57(8-3,9-4)83-84(75,76)79-5)23-27-64(51(71)33-58)35-49(69)60-25-13-10-11-15-29-80-85(77,78)81-38-39(37-66)16-12-14-26-61-55(86)62-40-17-20-43(46(30-40)54(73)74)53-44-21-18-41(67)31-47(44)82-48-32-42(68)19-22-45(48)53/h17-22,30-32,39,66-67H,6-16,23-29,33-38H2,1-5H3,(H,60,69)(H,63,70)(H,73,74)(H,75,76)(H,77,78)(H2,61,62,86). The van der Waals surface area contributed by atoms with Crippen LogP contribution < -0.4 is 26.7 Å². The largest absolute Gasteiger partial charge is 0.508 e. The predicted molar refractivity (Wildman–Crippen MR) is 331 cm³/mol. The van der Waals surface area contributed by atoms with E-state index in [0.29, 0.717) is 111 Å². The van der Waals surface area contributed by atoms with E-state index in [-0.39, 0.29) is 105 Å². The first-order chi connectivity index (χ1) is 40.8. The highest BCUT2D eigenvalue weighted by Crippen LogP contribution is 2.49. The van der Waals surface area contributed by atoms with Crippen molar-refractivity contribution in [3.63, 3.8) is 0 Å². The van der Waals surface area contributed by atoms with Gasteiger partial charge >= 0.3 is 21.6 Å². The molecule has 3 unspecified atom stereocenters. The summed E-state index contributed by atoms with van der Waals surface area (Å²) in [6, 6.07) is 13.4. The van der Waals surface area contributed by atoms with Crippen LogP contribution >= 0.6 is 27.9 Å². The zero-order chi connectivity index (χ0) is 63.7. The molecule has 9 N–H and O–H groups in total. The van der Waals surface area contributed by atoms with Crippen LogP contribution in [0.5, 0.6) is 5.75 Å². The zero-order valence-corrected chi connectivity index (χ0v) is 52.2. The molecule has 1 aliphatic heterocycles. The number of phosphoric ester groups is 2. The second-order valence-corrected chi connectivity index (χ2v) is 24.2. The highest BCUT2D eigenvalue weighted by molar-refractivity contribution is 7.80. The van der Waals surface area contributed by atoms with Crippen molar-refractivity contribution in [1.82, 2.24) is 25.8 Å². The molecule has 29 heteroatoms. The van der Waals surface area contributed by atoms with Gasteiger partial charge in [0.2, 0.25) is 23.6 Å². The Morgan fingerprint density at radius 3 is 2.01 bits per heavy atom. The lowest BCUT2D eigenvalue weighted by molar-refractivity contribution is -0.136.